The Morgan fingerprint density at radius 1 is 1.29 bits per heavy atom. The minimum absolute atomic E-state index is 0. The summed E-state index contributed by atoms with van der Waals surface area (Å²) in [5, 5.41) is 9.64. The summed E-state index contributed by atoms with van der Waals surface area (Å²) in [4.78, 5) is 16.2. The lowest BCUT2D eigenvalue weighted by atomic mass is 10.2. The number of aromatic nitrogens is 2. The average Bonchev–Trinajstić information content (AvgIpc) is 2.99. The Kier molecular flexibility index (Phi) is 8.77. The van der Waals surface area contributed by atoms with E-state index in [9.17, 15) is 4.79 Å². The van der Waals surface area contributed by atoms with Gasteiger partial charge in [0.1, 0.15) is 5.75 Å². The molecule has 0 saturated carbocycles. The summed E-state index contributed by atoms with van der Waals surface area (Å²) in [6.45, 7) is 1.72. The van der Waals surface area contributed by atoms with Crippen molar-refractivity contribution in [1.82, 2.24) is 15.5 Å². The molecule has 0 bridgehead atoms. The zero-order valence-electron chi connectivity index (χ0n) is 13.6. The number of benzene rings is 1. The van der Waals surface area contributed by atoms with Gasteiger partial charge in [-0.15, -0.1) is 12.4 Å². The highest BCUT2D eigenvalue weighted by Gasteiger charge is 2.12. The summed E-state index contributed by atoms with van der Waals surface area (Å²) in [7, 11) is 3.18. The van der Waals surface area contributed by atoms with E-state index in [4.69, 9.17) is 14.0 Å². The number of rotatable bonds is 9. The fourth-order valence-corrected chi connectivity index (χ4v) is 1.89. The van der Waals surface area contributed by atoms with E-state index in [1.807, 2.05) is 12.1 Å². The Hall–Kier alpha value is -2.16. The average molecular weight is 357 g/mol. The van der Waals surface area contributed by atoms with Crippen LogP contribution in [0.4, 0.5) is 5.69 Å². The fraction of sp³-hybridized carbons (Fsp3) is 0.400. The van der Waals surface area contributed by atoms with Gasteiger partial charge in [0.05, 0.1) is 32.4 Å². The first-order valence-electron chi connectivity index (χ1n) is 7.17. The van der Waals surface area contributed by atoms with Crippen LogP contribution in [0.25, 0.3) is 0 Å². The first-order chi connectivity index (χ1) is 11.2. The summed E-state index contributed by atoms with van der Waals surface area (Å²) in [5.41, 5.74) is 0.602. The number of nitrogens with one attached hydrogen (secondary N) is 2. The van der Waals surface area contributed by atoms with Gasteiger partial charge in [-0.1, -0.05) is 17.3 Å². The van der Waals surface area contributed by atoms with Gasteiger partial charge in [0.2, 0.25) is 11.8 Å². The van der Waals surface area contributed by atoms with Crippen LogP contribution in [0.5, 0.6) is 5.75 Å². The molecular weight excluding hydrogens is 336 g/mol. The van der Waals surface area contributed by atoms with Crippen molar-refractivity contribution in [3.05, 3.63) is 36.0 Å². The number of nitrogens with zero attached hydrogens (tertiary/aromatic N) is 2. The van der Waals surface area contributed by atoms with E-state index in [1.165, 1.54) is 0 Å². The minimum Gasteiger partial charge on any atom is -0.495 e. The van der Waals surface area contributed by atoms with Gasteiger partial charge in [-0.3, -0.25) is 4.79 Å². The Morgan fingerprint density at radius 2 is 2.08 bits per heavy atom. The van der Waals surface area contributed by atoms with Crippen molar-refractivity contribution in [3.8, 4) is 5.75 Å². The summed E-state index contributed by atoms with van der Waals surface area (Å²) >= 11 is 0. The number of methoxy groups -OCH3 is 2. The molecule has 0 atom stereocenters. The second-order valence-corrected chi connectivity index (χ2v) is 4.70. The molecule has 9 heteroatoms. The molecule has 0 unspecified atom stereocenters. The lowest BCUT2D eigenvalue weighted by Gasteiger charge is -2.08. The normalized spacial score (nSPS) is 10.1. The molecule has 1 aromatic carbocycles. The molecule has 1 amide bonds. The summed E-state index contributed by atoms with van der Waals surface area (Å²) < 4.78 is 15.2. The molecule has 2 rings (SSSR count). The zero-order valence-corrected chi connectivity index (χ0v) is 14.4. The molecule has 132 valence electrons. The van der Waals surface area contributed by atoms with Crippen LogP contribution >= 0.6 is 12.4 Å². The molecule has 24 heavy (non-hydrogen) atoms. The molecule has 2 N–H and O–H groups in total. The topological polar surface area (TPSA) is 98.5 Å². The van der Waals surface area contributed by atoms with Gasteiger partial charge in [0, 0.05) is 13.7 Å². The molecule has 0 aliphatic heterocycles. The largest absolute Gasteiger partial charge is 0.495 e. The van der Waals surface area contributed by atoms with Crippen LogP contribution in [0.15, 0.2) is 28.8 Å². The van der Waals surface area contributed by atoms with Crippen molar-refractivity contribution in [2.24, 2.45) is 0 Å². The lowest BCUT2D eigenvalue weighted by Crippen LogP contribution is -2.19. The number of hydrogen-bond acceptors (Lipinski definition) is 7. The van der Waals surface area contributed by atoms with Crippen LogP contribution in [0, 0.1) is 0 Å². The first kappa shape index (κ1) is 19.9. The quantitative estimate of drug-likeness (QED) is 0.655. The van der Waals surface area contributed by atoms with E-state index in [1.54, 1.807) is 26.4 Å². The minimum atomic E-state index is -0.241. The molecule has 1 heterocycles. The van der Waals surface area contributed by atoms with Crippen LogP contribution in [0.1, 0.15) is 11.7 Å². The zero-order chi connectivity index (χ0) is 16.5. The maximum absolute atomic E-state index is 12.0. The van der Waals surface area contributed by atoms with Gasteiger partial charge in [0.25, 0.3) is 0 Å². The standard InChI is InChI=1S/C15H20N4O4.ClH/c1-21-8-7-16-10-15-18-13(19-23-15)9-14(20)17-11-5-3-4-6-12(11)22-2;/h3-6,16H,7-10H2,1-2H3,(H,17,20);1H. The van der Waals surface area contributed by atoms with Crippen LogP contribution < -0.4 is 15.4 Å². The maximum atomic E-state index is 12.0. The third-order valence-electron chi connectivity index (χ3n) is 2.97. The number of para-hydroxylation sites is 2. The van der Waals surface area contributed by atoms with Gasteiger partial charge in [-0.2, -0.15) is 4.98 Å². The highest BCUT2D eigenvalue weighted by molar-refractivity contribution is 5.93. The Bertz CT molecular complexity index is 635. The number of amides is 1. The van der Waals surface area contributed by atoms with E-state index in [-0.39, 0.29) is 24.7 Å². The van der Waals surface area contributed by atoms with Gasteiger partial charge in [0.15, 0.2) is 5.82 Å². The molecule has 0 aliphatic rings. The number of carbonyl (C=O) groups is 1. The summed E-state index contributed by atoms with van der Waals surface area (Å²) in [6.07, 6.45) is 0.0274. The molecule has 1 aromatic heterocycles. The number of anilines is 1. The lowest BCUT2D eigenvalue weighted by molar-refractivity contribution is -0.115. The van der Waals surface area contributed by atoms with Crippen molar-refractivity contribution >= 4 is 24.0 Å². The predicted molar refractivity (Wildman–Crippen MR) is 90.5 cm³/mol. The third-order valence-corrected chi connectivity index (χ3v) is 2.97. The van der Waals surface area contributed by atoms with Crippen molar-refractivity contribution in [2.45, 2.75) is 13.0 Å². The van der Waals surface area contributed by atoms with Crippen molar-refractivity contribution in [2.75, 3.05) is 32.7 Å². The number of ether oxygens (including phenoxy) is 2. The highest BCUT2D eigenvalue weighted by atomic mass is 35.5. The van der Waals surface area contributed by atoms with E-state index in [0.717, 1.165) is 0 Å². The molecule has 0 radical (unpaired) electrons. The monoisotopic (exact) mass is 356 g/mol. The van der Waals surface area contributed by atoms with Crippen molar-refractivity contribution in [3.63, 3.8) is 0 Å². The number of halogens is 1. The van der Waals surface area contributed by atoms with Crippen LogP contribution in [0.3, 0.4) is 0 Å². The third kappa shape index (κ3) is 6.15. The second kappa shape index (κ2) is 10.6. The van der Waals surface area contributed by atoms with Gasteiger partial charge >= 0.3 is 0 Å². The Labute approximate surface area is 146 Å². The fourth-order valence-electron chi connectivity index (χ4n) is 1.89. The maximum Gasteiger partial charge on any atom is 0.240 e. The molecule has 8 nitrogen and oxygen atoms in total. The van der Waals surface area contributed by atoms with Crippen molar-refractivity contribution in [1.29, 1.82) is 0 Å². The molecule has 0 aliphatic carbocycles. The summed E-state index contributed by atoms with van der Waals surface area (Å²) in [6, 6.07) is 7.18. The van der Waals surface area contributed by atoms with Gasteiger partial charge in [-0.25, -0.2) is 0 Å². The number of carbonyl (C=O) groups excluding carboxylic acids is 1. The van der Waals surface area contributed by atoms with E-state index >= 15 is 0 Å². The van der Waals surface area contributed by atoms with E-state index in [0.29, 0.717) is 42.8 Å². The van der Waals surface area contributed by atoms with Crippen LogP contribution in [0.2, 0.25) is 0 Å². The molecule has 0 saturated heterocycles. The Balaban J connectivity index is 0.00000288. The SMILES string of the molecule is COCCNCc1nc(CC(=O)Nc2ccccc2OC)no1.Cl. The molecule has 0 spiro atoms. The smallest absolute Gasteiger partial charge is 0.240 e. The van der Waals surface area contributed by atoms with Crippen molar-refractivity contribution < 1.29 is 18.8 Å². The van der Waals surface area contributed by atoms with Gasteiger partial charge < -0.3 is 24.6 Å². The van der Waals surface area contributed by atoms with Crippen LogP contribution in [-0.2, 0) is 22.5 Å². The summed E-state index contributed by atoms with van der Waals surface area (Å²) in [5.74, 6) is 1.12. The van der Waals surface area contributed by atoms with Gasteiger partial charge in [-0.05, 0) is 12.1 Å². The predicted octanol–water partition coefficient (Wildman–Crippen LogP) is 1.42. The molecule has 2 aromatic rings. The van der Waals surface area contributed by atoms with Crippen LogP contribution in [-0.4, -0.2) is 43.4 Å². The Morgan fingerprint density at radius 3 is 2.83 bits per heavy atom. The first-order valence-corrected chi connectivity index (χ1v) is 7.17. The molecule has 0 fully saturated rings. The second-order valence-electron chi connectivity index (χ2n) is 4.70. The molecular formula is C15H21ClN4O4. The highest BCUT2D eigenvalue weighted by Crippen LogP contribution is 2.22. The number of hydrogen-bond donors (Lipinski definition) is 2. The van der Waals surface area contributed by atoms with E-state index < -0.39 is 0 Å². The van der Waals surface area contributed by atoms with E-state index in [2.05, 4.69) is 20.8 Å².